The molecule has 0 aliphatic heterocycles. The molecule has 3 N–H and O–H groups in total. The van der Waals surface area contributed by atoms with Crippen LogP contribution in [0.1, 0.15) is 376 Å². The lowest BCUT2D eigenvalue weighted by Crippen LogP contribution is -2.30. The molecule has 17 nitrogen and oxygen atoms in total. The lowest BCUT2D eigenvalue weighted by molar-refractivity contribution is -0.161. The minimum atomic E-state index is -4.96. The number of phosphoric ester groups is 2. The molecule has 0 spiro atoms. The molecule has 8 atom stereocenters. The van der Waals surface area contributed by atoms with Crippen LogP contribution in [0.25, 0.3) is 0 Å². The molecule has 19 heteroatoms. The van der Waals surface area contributed by atoms with Gasteiger partial charge in [0.15, 0.2) is 12.2 Å². The number of ether oxygens (including phenoxy) is 4. The molecule has 0 aromatic heterocycles. The van der Waals surface area contributed by atoms with Crippen LogP contribution < -0.4 is 0 Å². The third-order valence-corrected chi connectivity index (χ3v) is 20.3. The van der Waals surface area contributed by atoms with Crippen LogP contribution >= 0.6 is 15.6 Å². The number of aliphatic hydroxyl groups excluding tert-OH is 1. The first-order valence-electron chi connectivity index (χ1n) is 38.8. The third-order valence-electron chi connectivity index (χ3n) is 18.4. The Balaban J connectivity index is 5.25. The zero-order chi connectivity index (χ0) is 69.6. The maximum Gasteiger partial charge on any atom is 0.472 e. The van der Waals surface area contributed by atoms with Crippen LogP contribution in [0.4, 0.5) is 0 Å². The Kier molecular flexibility index (Phi) is 63.1. The van der Waals surface area contributed by atoms with Crippen molar-refractivity contribution in [3.8, 4) is 0 Å². The molecule has 5 unspecified atom stereocenters. The number of aliphatic hydroxyl groups is 1. The predicted molar refractivity (Wildman–Crippen MR) is 381 cm³/mol. The fraction of sp³-hybridized carbons (Fsp3) is 0.947. The number of unbranched alkanes of at least 4 members (excludes halogenated alkanes) is 35. The lowest BCUT2D eigenvalue weighted by atomic mass is 9.99. The van der Waals surface area contributed by atoms with Gasteiger partial charge in [-0.25, -0.2) is 9.13 Å². The van der Waals surface area contributed by atoms with Crippen LogP contribution in [-0.2, 0) is 65.4 Å². The quantitative estimate of drug-likeness (QED) is 0.0222. The van der Waals surface area contributed by atoms with Gasteiger partial charge in [-0.3, -0.25) is 37.3 Å². The fourth-order valence-electron chi connectivity index (χ4n) is 11.3. The van der Waals surface area contributed by atoms with E-state index < -0.39 is 97.5 Å². The van der Waals surface area contributed by atoms with Gasteiger partial charge in [0.05, 0.1) is 26.4 Å². The average Bonchev–Trinajstić information content (AvgIpc) is 1.10. The van der Waals surface area contributed by atoms with Crippen molar-refractivity contribution in [2.75, 3.05) is 39.6 Å². The van der Waals surface area contributed by atoms with E-state index in [0.717, 1.165) is 120 Å². The van der Waals surface area contributed by atoms with Gasteiger partial charge in [-0.05, 0) is 49.4 Å². The van der Waals surface area contributed by atoms with Gasteiger partial charge in [0.1, 0.15) is 19.3 Å². The topological polar surface area (TPSA) is 237 Å². The highest BCUT2D eigenvalue weighted by molar-refractivity contribution is 7.47. The second-order valence-corrected chi connectivity index (χ2v) is 31.1. The van der Waals surface area contributed by atoms with Crippen LogP contribution in [0.3, 0.4) is 0 Å². The number of esters is 4. The van der Waals surface area contributed by atoms with Gasteiger partial charge >= 0.3 is 39.5 Å². The first-order valence-corrected chi connectivity index (χ1v) is 41.8. The molecule has 0 saturated carbocycles. The van der Waals surface area contributed by atoms with Gasteiger partial charge in [-0.1, -0.05) is 325 Å². The van der Waals surface area contributed by atoms with E-state index in [1.807, 2.05) is 0 Å². The number of carbonyl (C=O) groups is 4. The maximum atomic E-state index is 13.1. The summed E-state index contributed by atoms with van der Waals surface area (Å²) in [5.74, 6) is 0.985. The summed E-state index contributed by atoms with van der Waals surface area (Å²) in [6, 6.07) is 0. The van der Waals surface area contributed by atoms with Crippen molar-refractivity contribution >= 4 is 39.5 Å². The van der Waals surface area contributed by atoms with Crippen LogP contribution in [0.2, 0.25) is 0 Å². The van der Waals surface area contributed by atoms with Crippen LogP contribution in [-0.4, -0.2) is 96.7 Å². The van der Waals surface area contributed by atoms with E-state index in [2.05, 4.69) is 55.4 Å². The fourth-order valence-corrected chi connectivity index (χ4v) is 12.9. The summed E-state index contributed by atoms with van der Waals surface area (Å²) in [5.41, 5.74) is 0. The average molecular weight is 1380 g/mol. The van der Waals surface area contributed by atoms with Crippen molar-refractivity contribution in [1.29, 1.82) is 0 Å². The van der Waals surface area contributed by atoms with Gasteiger partial charge in [-0.2, -0.15) is 0 Å². The van der Waals surface area contributed by atoms with E-state index in [9.17, 15) is 43.2 Å². The van der Waals surface area contributed by atoms with E-state index in [1.54, 1.807) is 0 Å². The highest BCUT2D eigenvalue weighted by Gasteiger charge is 2.30. The van der Waals surface area contributed by atoms with E-state index in [-0.39, 0.29) is 25.7 Å². The maximum absolute atomic E-state index is 13.1. The zero-order valence-corrected chi connectivity index (χ0v) is 63.4. The summed E-state index contributed by atoms with van der Waals surface area (Å²) in [7, 11) is -9.91. The Bertz CT molecular complexity index is 1860. The largest absolute Gasteiger partial charge is 0.472 e. The van der Waals surface area contributed by atoms with Gasteiger partial charge in [0, 0.05) is 25.7 Å². The molecule has 0 heterocycles. The Morgan fingerprint density at radius 1 is 0.298 bits per heavy atom. The monoisotopic (exact) mass is 1380 g/mol. The van der Waals surface area contributed by atoms with Gasteiger partial charge in [0.2, 0.25) is 0 Å². The van der Waals surface area contributed by atoms with E-state index in [4.69, 9.17) is 37.0 Å². The summed E-state index contributed by atoms with van der Waals surface area (Å²) >= 11 is 0. The molecule has 0 saturated heterocycles. The van der Waals surface area contributed by atoms with Crippen molar-refractivity contribution in [3.63, 3.8) is 0 Å². The zero-order valence-electron chi connectivity index (χ0n) is 61.6. The van der Waals surface area contributed by atoms with Gasteiger partial charge in [0.25, 0.3) is 0 Å². The normalized spacial score (nSPS) is 15.0. The second-order valence-electron chi connectivity index (χ2n) is 28.2. The third kappa shape index (κ3) is 64.7. The molecule has 0 bridgehead atoms. The van der Waals surface area contributed by atoms with E-state index in [1.165, 1.54) is 173 Å². The summed E-state index contributed by atoms with van der Waals surface area (Å²) < 4.78 is 68.5. The number of hydrogen-bond acceptors (Lipinski definition) is 15. The Morgan fingerprint density at radius 2 is 0.511 bits per heavy atom. The molecule has 0 amide bonds. The molecule has 94 heavy (non-hydrogen) atoms. The van der Waals surface area contributed by atoms with Gasteiger partial charge in [-0.15, -0.1) is 0 Å². The number of phosphoric acid groups is 2. The predicted octanol–water partition coefficient (Wildman–Crippen LogP) is 21.7. The first-order chi connectivity index (χ1) is 45.2. The molecular weight excluding hydrogens is 1230 g/mol. The van der Waals surface area contributed by atoms with Crippen LogP contribution in [0.5, 0.6) is 0 Å². The van der Waals surface area contributed by atoms with Crippen LogP contribution in [0.15, 0.2) is 0 Å². The second kappa shape index (κ2) is 64.4. The number of hydrogen-bond donors (Lipinski definition) is 3. The van der Waals surface area contributed by atoms with E-state index >= 15 is 0 Å². The Labute approximate surface area is 575 Å². The van der Waals surface area contributed by atoms with Crippen molar-refractivity contribution in [3.05, 3.63) is 0 Å². The molecule has 0 fully saturated rings. The Morgan fingerprint density at radius 3 is 0.755 bits per heavy atom. The number of rotatable bonds is 72. The van der Waals surface area contributed by atoms with Crippen molar-refractivity contribution in [2.45, 2.75) is 395 Å². The molecule has 0 rings (SSSR count). The first kappa shape index (κ1) is 92.1. The lowest BCUT2D eigenvalue weighted by Gasteiger charge is -2.21. The standard InChI is InChI=1S/C75H146O17P2/c1-9-66(6)52-44-36-28-22-19-20-24-31-41-49-57-74(79)91-70(61-85-72(77)55-47-39-30-23-18-16-14-12-13-15-17-21-27-35-43-51-65(4)5)63-89-93(81,82)87-59-69(76)60-88-94(83,84)90-64-71(62-86-73(78)56-48-40-34-33-38-46-54-68(8)11-3)92-75(80)58-50-42-32-26-25-29-37-45-53-67(7)10-2/h65-71,76H,9-64H2,1-8H3,(H,81,82)(H,83,84)/t66?,67?,68?,69-,70-,71-/m1/s1. The molecule has 0 radical (unpaired) electrons. The molecule has 0 aliphatic carbocycles. The van der Waals surface area contributed by atoms with Gasteiger partial charge < -0.3 is 33.8 Å². The molecule has 0 aliphatic rings. The van der Waals surface area contributed by atoms with Crippen LogP contribution in [0, 0.1) is 23.7 Å². The Hall–Kier alpha value is -1.94. The summed E-state index contributed by atoms with van der Waals surface area (Å²) in [6.45, 7) is 14.2. The highest BCUT2D eigenvalue weighted by Crippen LogP contribution is 2.45. The summed E-state index contributed by atoms with van der Waals surface area (Å²) in [5, 5.41) is 10.6. The smallest absolute Gasteiger partial charge is 0.462 e. The van der Waals surface area contributed by atoms with Crippen molar-refractivity contribution in [1.82, 2.24) is 0 Å². The highest BCUT2D eigenvalue weighted by atomic mass is 31.2. The minimum Gasteiger partial charge on any atom is -0.462 e. The van der Waals surface area contributed by atoms with E-state index in [0.29, 0.717) is 25.7 Å². The molecular formula is C75H146O17P2. The SMILES string of the molecule is CCC(C)CCCCCCCCCCCCC(=O)O[C@H](COC(=O)CCCCCCCCCCCCCCCCCC(C)C)COP(=O)(O)OC[C@@H](O)COP(=O)(O)OC[C@@H](COC(=O)CCCCCCCCC(C)CC)OC(=O)CCCCCCCCCCC(C)CC. The number of carbonyl (C=O) groups excluding carboxylic acids is 4. The summed E-state index contributed by atoms with van der Waals surface area (Å²) in [6.07, 6.45) is 48.5. The minimum absolute atomic E-state index is 0.104. The molecule has 558 valence electrons. The molecule has 0 aromatic rings. The summed E-state index contributed by atoms with van der Waals surface area (Å²) in [4.78, 5) is 72.8. The van der Waals surface area contributed by atoms with Crippen molar-refractivity contribution in [2.24, 2.45) is 23.7 Å². The van der Waals surface area contributed by atoms with Crippen molar-refractivity contribution < 1.29 is 80.2 Å². The molecule has 0 aromatic carbocycles.